The number of hydrogen-bond donors (Lipinski definition) is 2. The number of piperidine rings is 1. The van der Waals surface area contributed by atoms with Crippen LogP contribution in [-0.4, -0.2) is 53.0 Å². The van der Waals surface area contributed by atoms with Crippen LogP contribution in [0.3, 0.4) is 0 Å². The Bertz CT molecular complexity index is 1250. The summed E-state index contributed by atoms with van der Waals surface area (Å²) in [4.78, 5) is 22.7. The van der Waals surface area contributed by atoms with Crippen LogP contribution in [0.1, 0.15) is 43.5 Å². The second-order valence-corrected chi connectivity index (χ2v) is 10.5. The maximum Gasteiger partial charge on any atom is 0.264 e. The SMILES string of the molecule is CC(C)CC1(O)CCN(C(=O)c2ccc(NS(=O)(=O)c3cc#cc4nccnc34)cc2)CC1. The fourth-order valence-corrected chi connectivity index (χ4v) is 5.39. The molecule has 0 saturated carbocycles. The molecule has 172 valence electrons. The van der Waals surface area contributed by atoms with Crippen LogP contribution in [-0.2, 0) is 10.0 Å². The molecule has 0 unspecified atom stereocenters. The molecule has 1 amide bonds. The lowest BCUT2D eigenvalue weighted by Crippen LogP contribution is -2.47. The Hall–Kier alpha value is -3.22. The first-order valence-electron chi connectivity index (χ1n) is 10.8. The van der Waals surface area contributed by atoms with E-state index in [0.717, 1.165) is 6.42 Å². The van der Waals surface area contributed by atoms with Gasteiger partial charge in [-0.2, -0.15) is 0 Å². The van der Waals surface area contributed by atoms with Gasteiger partial charge in [-0.1, -0.05) is 19.9 Å². The highest BCUT2D eigenvalue weighted by Crippen LogP contribution is 2.29. The first-order chi connectivity index (χ1) is 15.7. The van der Waals surface area contributed by atoms with Crippen LogP contribution >= 0.6 is 0 Å². The summed E-state index contributed by atoms with van der Waals surface area (Å²) < 4.78 is 28.3. The maximum atomic E-state index is 12.9. The molecule has 4 rings (SSSR count). The predicted octanol–water partition coefficient (Wildman–Crippen LogP) is 3.04. The zero-order valence-electron chi connectivity index (χ0n) is 18.6. The Morgan fingerprint density at radius 2 is 1.85 bits per heavy atom. The second-order valence-electron chi connectivity index (χ2n) is 8.83. The van der Waals surface area contributed by atoms with Gasteiger partial charge >= 0.3 is 0 Å². The van der Waals surface area contributed by atoms with Gasteiger partial charge in [0.1, 0.15) is 15.9 Å². The molecule has 1 fully saturated rings. The number of sulfonamides is 1. The van der Waals surface area contributed by atoms with E-state index in [9.17, 15) is 18.3 Å². The number of likely N-dealkylation sites (tertiary alicyclic amines) is 1. The van der Waals surface area contributed by atoms with Gasteiger partial charge in [0, 0.05) is 42.8 Å². The first kappa shape index (κ1) is 23.0. The zero-order chi connectivity index (χ0) is 23.6. The van der Waals surface area contributed by atoms with Gasteiger partial charge in [-0.15, -0.1) is 0 Å². The number of benzene rings is 1. The average molecular weight is 467 g/mol. The van der Waals surface area contributed by atoms with Gasteiger partial charge in [-0.3, -0.25) is 14.5 Å². The zero-order valence-corrected chi connectivity index (χ0v) is 19.4. The molecule has 2 aromatic carbocycles. The number of amides is 1. The number of carbonyl (C=O) groups is 1. The fraction of sp³-hybridized carbons (Fsp3) is 0.375. The predicted molar refractivity (Wildman–Crippen MR) is 124 cm³/mol. The minimum atomic E-state index is -3.94. The minimum absolute atomic E-state index is 0.0493. The first-order valence-corrected chi connectivity index (χ1v) is 12.3. The smallest absolute Gasteiger partial charge is 0.264 e. The summed E-state index contributed by atoms with van der Waals surface area (Å²) in [6, 6.07) is 13.0. The quantitative estimate of drug-likeness (QED) is 0.577. The van der Waals surface area contributed by atoms with Crippen LogP contribution in [0, 0.1) is 18.1 Å². The van der Waals surface area contributed by atoms with Crippen molar-refractivity contribution in [1.82, 2.24) is 14.9 Å². The summed E-state index contributed by atoms with van der Waals surface area (Å²) in [6.07, 6.45) is 4.70. The van der Waals surface area contributed by atoms with Crippen LogP contribution in [0.2, 0.25) is 0 Å². The van der Waals surface area contributed by atoms with Gasteiger partial charge in [-0.05, 0) is 55.5 Å². The summed E-state index contributed by atoms with van der Waals surface area (Å²) in [6.45, 7) is 5.14. The van der Waals surface area contributed by atoms with Gasteiger partial charge in [0.25, 0.3) is 15.9 Å². The molecule has 2 N–H and O–H groups in total. The molecule has 1 aliphatic rings. The van der Waals surface area contributed by atoms with Gasteiger partial charge in [-0.25, -0.2) is 13.4 Å². The van der Waals surface area contributed by atoms with Crippen molar-refractivity contribution in [2.45, 2.75) is 43.6 Å². The molecule has 0 bridgehead atoms. The molecule has 1 aromatic heterocycles. The number of hydrogen-bond acceptors (Lipinski definition) is 6. The molecule has 1 saturated heterocycles. The number of fused-ring (bicyclic) bond motifs is 1. The average Bonchev–Trinajstić information content (AvgIpc) is 2.78. The Balaban J connectivity index is 1.45. The molecule has 3 aromatic rings. The third-order valence-electron chi connectivity index (χ3n) is 5.77. The summed E-state index contributed by atoms with van der Waals surface area (Å²) in [5, 5.41) is 10.7. The molecule has 33 heavy (non-hydrogen) atoms. The van der Waals surface area contributed by atoms with E-state index in [4.69, 9.17) is 0 Å². The lowest BCUT2D eigenvalue weighted by Gasteiger charge is -2.39. The lowest BCUT2D eigenvalue weighted by molar-refractivity contribution is -0.0311. The summed E-state index contributed by atoms with van der Waals surface area (Å²) in [5.74, 6) is 0.260. The second kappa shape index (κ2) is 8.96. The number of aliphatic hydroxyl groups is 1. The molecule has 0 atom stereocenters. The van der Waals surface area contributed by atoms with Crippen molar-refractivity contribution < 1.29 is 18.3 Å². The largest absolute Gasteiger partial charge is 0.390 e. The molecule has 8 nitrogen and oxygen atoms in total. The third kappa shape index (κ3) is 5.07. The van der Waals surface area contributed by atoms with Crippen molar-refractivity contribution in [1.29, 1.82) is 0 Å². The molecule has 2 heterocycles. The van der Waals surface area contributed by atoms with E-state index >= 15 is 0 Å². The Labute approximate surface area is 193 Å². The standard InChI is InChI=1S/C24H26N4O4S/c1-17(2)16-24(30)10-14-28(15-11-24)23(29)18-6-8-19(9-7-18)27-33(31,32)21-5-3-4-20-22(21)26-13-12-25-20/h5-9,12-13,17,27,30H,10-11,14-16H2,1-2H3. The molecule has 9 heteroatoms. The van der Waals surface area contributed by atoms with Gasteiger partial charge in [0.15, 0.2) is 0 Å². The van der Waals surface area contributed by atoms with E-state index in [-0.39, 0.29) is 16.3 Å². The Kier molecular flexibility index (Phi) is 6.23. The van der Waals surface area contributed by atoms with Crippen LogP contribution in [0.15, 0.2) is 47.6 Å². The third-order valence-corrected chi connectivity index (χ3v) is 7.16. The topological polar surface area (TPSA) is 112 Å². The van der Waals surface area contributed by atoms with Crippen molar-refractivity contribution >= 4 is 32.7 Å². The van der Waals surface area contributed by atoms with E-state index in [1.807, 2.05) is 0 Å². The van der Waals surface area contributed by atoms with E-state index in [2.05, 4.69) is 40.7 Å². The number of anilines is 1. The summed E-state index contributed by atoms with van der Waals surface area (Å²) >= 11 is 0. The Morgan fingerprint density at radius 3 is 2.52 bits per heavy atom. The molecular weight excluding hydrogens is 440 g/mol. The van der Waals surface area contributed by atoms with E-state index in [1.54, 1.807) is 29.2 Å². The molecule has 0 spiro atoms. The van der Waals surface area contributed by atoms with Gasteiger partial charge in [0.2, 0.25) is 0 Å². The number of aromatic nitrogens is 2. The monoisotopic (exact) mass is 466 g/mol. The normalized spacial score (nSPS) is 15.9. The van der Waals surface area contributed by atoms with Crippen molar-refractivity contribution in [3.8, 4) is 0 Å². The number of carbonyl (C=O) groups excluding carboxylic acids is 1. The molecule has 0 radical (unpaired) electrons. The van der Waals surface area contributed by atoms with Gasteiger partial charge in [0.05, 0.1) is 5.60 Å². The lowest BCUT2D eigenvalue weighted by atomic mass is 9.84. The van der Waals surface area contributed by atoms with Crippen LogP contribution in [0.25, 0.3) is 11.0 Å². The number of rotatable bonds is 6. The number of nitrogens with zero attached hydrogens (tertiary/aromatic N) is 3. The molecule has 0 aliphatic carbocycles. The Morgan fingerprint density at radius 1 is 1.18 bits per heavy atom. The fourth-order valence-electron chi connectivity index (χ4n) is 4.22. The van der Waals surface area contributed by atoms with E-state index in [1.165, 1.54) is 18.5 Å². The van der Waals surface area contributed by atoms with Gasteiger partial charge < -0.3 is 10.0 Å². The van der Waals surface area contributed by atoms with E-state index in [0.29, 0.717) is 48.6 Å². The summed E-state index contributed by atoms with van der Waals surface area (Å²) in [5.41, 5.74) is 0.586. The van der Waals surface area contributed by atoms with Crippen LogP contribution in [0.4, 0.5) is 5.69 Å². The van der Waals surface area contributed by atoms with Crippen LogP contribution < -0.4 is 4.72 Å². The van der Waals surface area contributed by atoms with Crippen LogP contribution in [0.5, 0.6) is 0 Å². The van der Waals surface area contributed by atoms with Crippen molar-refractivity contribution in [3.05, 3.63) is 60.4 Å². The van der Waals surface area contributed by atoms with Crippen molar-refractivity contribution in [2.24, 2.45) is 5.92 Å². The highest BCUT2D eigenvalue weighted by atomic mass is 32.2. The number of nitrogens with one attached hydrogen (secondary N) is 1. The highest BCUT2D eigenvalue weighted by molar-refractivity contribution is 7.93. The van der Waals surface area contributed by atoms with Crippen molar-refractivity contribution in [3.63, 3.8) is 0 Å². The maximum absolute atomic E-state index is 12.9. The highest BCUT2D eigenvalue weighted by Gasteiger charge is 2.34. The summed E-state index contributed by atoms with van der Waals surface area (Å²) in [7, 11) is -3.94. The molecule has 1 aliphatic heterocycles. The molecular formula is C24H26N4O4S. The minimum Gasteiger partial charge on any atom is -0.390 e. The van der Waals surface area contributed by atoms with Crippen molar-refractivity contribution in [2.75, 3.05) is 17.8 Å². The van der Waals surface area contributed by atoms with E-state index < -0.39 is 15.6 Å².